The third-order valence-electron chi connectivity index (χ3n) is 2.76. The fourth-order valence-electron chi connectivity index (χ4n) is 1.98. The summed E-state index contributed by atoms with van der Waals surface area (Å²) < 4.78 is 0. The van der Waals surface area contributed by atoms with Crippen molar-refractivity contribution < 1.29 is 19.8 Å². The molecular formula is C10H15N3O4. The Labute approximate surface area is 98.4 Å². The summed E-state index contributed by atoms with van der Waals surface area (Å²) in [4.78, 5) is 22.0. The first kappa shape index (κ1) is 13.3. The Hall–Kier alpha value is -1.81. The van der Waals surface area contributed by atoms with E-state index in [0.29, 0.717) is 6.42 Å². The van der Waals surface area contributed by atoms with Gasteiger partial charge in [0.2, 0.25) is 5.91 Å². The van der Waals surface area contributed by atoms with Crippen molar-refractivity contribution in [3.63, 3.8) is 0 Å². The van der Waals surface area contributed by atoms with E-state index < -0.39 is 18.2 Å². The molecule has 4 atom stereocenters. The third-order valence-corrected chi connectivity index (χ3v) is 2.76. The van der Waals surface area contributed by atoms with Crippen molar-refractivity contribution in [1.82, 2.24) is 10.6 Å². The molecule has 94 valence electrons. The molecule has 0 aromatic rings. The number of aliphatic hydroxyl groups is 1. The smallest absolute Gasteiger partial charge is 0.405 e. The maximum atomic E-state index is 11.5. The fraction of sp³-hybridized carbons (Fsp3) is 0.700. The van der Waals surface area contributed by atoms with Crippen molar-refractivity contribution >= 4 is 12.0 Å². The van der Waals surface area contributed by atoms with Crippen LogP contribution in [0.15, 0.2) is 0 Å². The number of nitrogens with one attached hydrogen (secondary N) is 2. The van der Waals surface area contributed by atoms with Crippen molar-refractivity contribution in [2.45, 2.75) is 38.0 Å². The molecule has 0 aliphatic carbocycles. The summed E-state index contributed by atoms with van der Waals surface area (Å²) in [6, 6.07) is 0.662. The highest BCUT2D eigenvalue weighted by atomic mass is 16.4. The van der Waals surface area contributed by atoms with Gasteiger partial charge in [-0.1, -0.05) is 0 Å². The molecule has 1 aliphatic heterocycles. The van der Waals surface area contributed by atoms with Crippen LogP contribution >= 0.6 is 0 Å². The Balaban J connectivity index is 2.63. The van der Waals surface area contributed by atoms with E-state index in [2.05, 4.69) is 10.6 Å². The molecule has 7 nitrogen and oxygen atoms in total. The zero-order valence-electron chi connectivity index (χ0n) is 9.38. The van der Waals surface area contributed by atoms with E-state index in [-0.39, 0.29) is 24.3 Å². The van der Waals surface area contributed by atoms with Crippen LogP contribution in [0.2, 0.25) is 0 Å². The number of carboxylic acid groups (broad SMARTS) is 1. The quantitative estimate of drug-likeness (QED) is 0.490. The van der Waals surface area contributed by atoms with Crippen molar-refractivity contribution in [2.24, 2.45) is 5.92 Å². The van der Waals surface area contributed by atoms with Gasteiger partial charge in [0, 0.05) is 12.0 Å². The molecule has 4 N–H and O–H groups in total. The molecule has 1 aliphatic rings. The monoisotopic (exact) mass is 241 g/mol. The molecule has 0 radical (unpaired) electrons. The summed E-state index contributed by atoms with van der Waals surface area (Å²) in [6.07, 6.45) is -2.07. The molecular weight excluding hydrogens is 226 g/mol. The minimum atomic E-state index is -1.45. The average Bonchev–Trinajstić information content (AvgIpc) is 2.54. The van der Waals surface area contributed by atoms with E-state index in [1.807, 2.05) is 6.92 Å². The lowest BCUT2D eigenvalue weighted by Gasteiger charge is -2.20. The largest absolute Gasteiger partial charge is 0.465 e. The Kier molecular flexibility index (Phi) is 4.29. The van der Waals surface area contributed by atoms with Crippen LogP contribution in [0.4, 0.5) is 4.79 Å². The van der Waals surface area contributed by atoms with E-state index in [1.165, 1.54) is 0 Å². The summed E-state index contributed by atoms with van der Waals surface area (Å²) >= 11 is 0. The van der Waals surface area contributed by atoms with Crippen molar-refractivity contribution in [3.05, 3.63) is 0 Å². The van der Waals surface area contributed by atoms with Gasteiger partial charge in [-0.15, -0.1) is 0 Å². The number of aliphatic hydroxyl groups excluding tert-OH is 1. The number of nitriles is 1. The van der Waals surface area contributed by atoms with Gasteiger partial charge < -0.3 is 20.8 Å². The van der Waals surface area contributed by atoms with Crippen LogP contribution in [0.5, 0.6) is 0 Å². The predicted molar refractivity (Wildman–Crippen MR) is 56.9 cm³/mol. The van der Waals surface area contributed by atoms with Gasteiger partial charge in [-0.05, 0) is 19.8 Å². The second-order valence-electron chi connectivity index (χ2n) is 4.21. The topological polar surface area (TPSA) is 122 Å². The van der Waals surface area contributed by atoms with Crippen molar-refractivity contribution in [2.75, 3.05) is 0 Å². The van der Waals surface area contributed by atoms with Gasteiger partial charge in [0.05, 0.1) is 12.1 Å². The lowest BCUT2D eigenvalue weighted by Crippen LogP contribution is -2.44. The average molecular weight is 241 g/mol. The van der Waals surface area contributed by atoms with Crippen LogP contribution < -0.4 is 10.6 Å². The minimum Gasteiger partial charge on any atom is -0.465 e. The van der Waals surface area contributed by atoms with Crippen molar-refractivity contribution in [1.29, 1.82) is 5.26 Å². The first-order chi connectivity index (χ1) is 7.93. The van der Waals surface area contributed by atoms with Gasteiger partial charge in [-0.3, -0.25) is 4.79 Å². The van der Waals surface area contributed by atoms with Gasteiger partial charge in [-0.2, -0.15) is 5.26 Å². The Morgan fingerprint density at radius 1 is 1.76 bits per heavy atom. The third kappa shape index (κ3) is 3.60. The molecule has 2 unspecified atom stereocenters. The Morgan fingerprint density at radius 2 is 2.41 bits per heavy atom. The van der Waals surface area contributed by atoms with Gasteiger partial charge in [0.15, 0.2) is 6.10 Å². The maximum Gasteiger partial charge on any atom is 0.405 e. The number of hydrogen-bond donors (Lipinski definition) is 4. The lowest BCUT2D eigenvalue weighted by molar-refractivity contribution is -0.123. The number of rotatable bonds is 4. The lowest BCUT2D eigenvalue weighted by atomic mass is 9.94. The van der Waals surface area contributed by atoms with Gasteiger partial charge in [0.25, 0.3) is 0 Å². The molecule has 0 bridgehead atoms. The van der Waals surface area contributed by atoms with E-state index >= 15 is 0 Å². The molecule has 1 heterocycles. The summed E-state index contributed by atoms with van der Waals surface area (Å²) in [6.45, 7) is 1.85. The van der Waals surface area contributed by atoms with E-state index in [1.54, 1.807) is 6.07 Å². The highest BCUT2D eigenvalue weighted by Crippen LogP contribution is 2.21. The fourth-order valence-corrected chi connectivity index (χ4v) is 1.98. The van der Waals surface area contributed by atoms with Gasteiger partial charge in [-0.25, -0.2) is 4.79 Å². The first-order valence-electron chi connectivity index (χ1n) is 5.31. The zero-order valence-corrected chi connectivity index (χ0v) is 9.38. The first-order valence-corrected chi connectivity index (χ1v) is 5.31. The van der Waals surface area contributed by atoms with Crippen molar-refractivity contribution in [3.8, 4) is 6.07 Å². The zero-order chi connectivity index (χ0) is 13.0. The summed E-state index contributed by atoms with van der Waals surface area (Å²) in [7, 11) is 0. The van der Waals surface area contributed by atoms with Gasteiger partial charge >= 0.3 is 6.09 Å². The SMILES string of the molecule is C[C@@H]1C[C@@H](CC(NC(=O)O)C(O)C#N)C(=O)N1. The van der Waals surface area contributed by atoms with E-state index in [9.17, 15) is 14.7 Å². The molecule has 2 amide bonds. The Morgan fingerprint density at radius 3 is 2.82 bits per heavy atom. The molecule has 0 aromatic heterocycles. The van der Waals surface area contributed by atoms with Crippen LogP contribution in [0, 0.1) is 17.2 Å². The maximum absolute atomic E-state index is 11.5. The van der Waals surface area contributed by atoms with Crippen LogP contribution in [-0.2, 0) is 4.79 Å². The predicted octanol–water partition coefficient (Wildman–Crippen LogP) is -0.578. The number of amides is 2. The molecule has 7 heteroatoms. The summed E-state index contributed by atoms with van der Waals surface area (Å²) in [5, 5.41) is 31.3. The standard InChI is InChI=1S/C10H15N3O4/c1-5-2-6(9(15)12-5)3-7(8(14)4-11)13-10(16)17/h5-8,13-14H,2-3H2,1H3,(H,12,15)(H,16,17)/t5-,6+,7?,8?/m1/s1. The molecule has 1 saturated heterocycles. The molecule has 1 fully saturated rings. The summed E-state index contributed by atoms with van der Waals surface area (Å²) in [5.74, 6) is -0.537. The normalized spacial score (nSPS) is 26.8. The van der Waals surface area contributed by atoms with E-state index in [0.717, 1.165) is 0 Å². The number of carbonyl (C=O) groups excluding carboxylic acids is 1. The second-order valence-corrected chi connectivity index (χ2v) is 4.21. The molecule has 0 spiro atoms. The molecule has 0 aromatic carbocycles. The number of nitrogens with zero attached hydrogens (tertiary/aromatic N) is 1. The number of carbonyl (C=O) groups is 2. The van der Waals surface area contributed by atoms with E-state index in [4.69, 9.17) is 10.4 Å². The molecule has 0 saturated carbocycles. The minimum absolute atomic E-state index is 0.0391. The van der Waals surface area contributed by atoms with Crippen LogP contribution in [-0.4, -0.2) is 40.4 Å². The number of hydrogen-bond acceptors (Lipinski definition) is 4. The second kappa shape index (κ2) is 5.50. The van der Waals surface area contributed by atoms with Crippen LogP contribution in [0.3, 0.4) is 0 Å². The highest BCUT2D eigenvalue weighted by Gasteiger charge is 2.34. The molecule has 1 rings (SSSR count). The van der Waals surface area contributed by atoms with Crippen LogP contribution in [0.25, 0.3) is 0 Å². The highest BCUT2D eigenvalue weighted by molar-refractivity contribution is 5.81. The summed E-state index contributed by atoms with van der Waals surface area (Å²) in [5.41, 5.74) is 0. The van der Waals surface area contributed by atoms with Gasteiger partial charge in [0.1, 0.15) is 0 Å². The van der Waals surface area contributed by atoms with Crippen LogP contribution in [0.1, 0.15) is 19.8 Å². The Bertz CT molecular complexity index is 352. The molecule has 17 heavy (non-hydrogen) atoms.